The highest BCUT2D eigenvalue weighted by Gasteiger charge is 2.37. The standard InChI is InChI=1S/C33H41F3N2O6/c1-32(2,3)44-31(41)37(4)28(30(40)42-5)19-29(39)38-16-15-23-18-24(12-14-27(23)38)43-20-21-11-13-25(22-9-7-6-8-10-22)26(17-21)33(34,35)36/h11-14,17-18,22,28H,6-10,15-16,19-20H2,1-5H3/t28-/m1/s1. The first kappa shape index (κ1) is 33.1. The maximum atomic E-state index is 14.0. The lowest BCUT2D eigenvalue weighted by Gasteiger charge is -2.30. The lowest BCUT2D eigenvalue weighted by molar-refractivity contribution is -0.148. The smallest absolute Gasteiger partial charge is 0.416 e. The van der Waals surface area contributed by atoms with Gasteiger partial charge in [-0.15, -0.1) is 0 Å². The molecular formula is C33H41F3N2O6. The average Bonchev–Trinajstić information content (AvgIpc) is 3.40. The monoisotopic (exact) mass is 618 g/mol. The Hall–Kier alpha value is -3.76. The highest BCUT2D eigenvalue weighted by atomic mass is 19.4. The Kier molecular flexibility index (Phi) is 10.2. The van der Waals surface area contributed by atoms with Gasteiger partial charge in [0.1, 0.15) is 24.0 Å². The van der Waals surface area contributed by atoms with Crippen LogP contribution in [0.25, 0.3) is 0 Å². The van der Waals surface area contributed by atoms with E-state index in [1.807, 2.05) is 0 Å². The molecule has 1 saturated carbocycles. The summed E-state index contributed by atoms with van der Waals surface area (Å²) in [5.74, 6) is -0.713. The topological polar surface area (TPSA) is 85.4 Å². The van der Waals surface area contributed by atoms with Gasteiger partial charge in [0.15, 0.2) is 0 Å². The van der Waals surface area contributed by atoms with E-state index in [0.29, 0.717) is 35.5 Å². The number of anilines is 1. The number of benzene rings is 2. The van der Waals surface area contributed by atoms with Crippen molar-refractivity contribution in [3.05, 3.63) is 58.7 Å². The molecule has 2 amide bonds. The van der Waals surface area contributed by atoms with E-state index in [4.69, 9.17) is 14.2 Å². The molecule has 44 heavy (non-hydrogen) atoms. The van der Waals surface area contributed by atoms with Gasteiger partial charge >= 0.3 is 18.2 Å². The fourth-order valence-corrected chi connectivity index (χ4v) is 5.85. The number of fused-ring (bicyclic) bond motifs is 1. The van der Waals surface area contributed by atoms with Gasteiger partial charge in [0.25, 0.3) is 0 Å². The molecule has 1 aliphatic carbocycles. The summed E-state index contributed by atoms with van der Waals surface area (Å²) in [5.41, 5.74) is 0.892. The Morgan fingerprint density at radius 1 is 1.02 bits per heavy atom. The second-order valence-corrected chi connectivity index (χ2v) is 12.5. The van der Waals surface area contributed by atoms with Crippen LogP contribution in [0.15, 0.2) is 36.4 Å². The lowest BCUT2D eigenvalue weighted by Crippen LogP contribution is -2.48. The van der Waals surface area contributed by atoms with Crippen LogP contribution in [-0.4, -0.2) is 55.2 Å². The minimum Gasteiger partial charge on any atom is -0.489 e. The van der Waals surface area contributed by atoms with Gasteiger partial charge in [0, 0.05) is 19.3 Å². The third kappa shape index (κ3) is 8.04. The zero-order chi connectivity index (χ0) is 32.2. The van der Waals surface area contributed by atoms with Crippen LogP contribution in [0.3, 0.4) is 0 Å². The molecule has 1 heterocycles. The number of carbonyl (C=O) groups is 3. The molecule has 240 valence electrons. The summed E-state index contributed by atoms with van der Waals surface area (Å²) in [4.78, 5) is 41.0. The van der Waals surface area contributed by atoms with Crippen LogP contribution in [0.5, 0.6) is 5.75 Å². The molecule has 4 rings (SSSR count). The minimum atomic E-state index is -4.44. The predicted molar refractivity (Wildman–Crippen MR) is 159 cm³/mol. The van der Waals surface area contributed by atoms with Crippen LogP contribution in [0.4, 0.5) is 23.7 Å². The van der Waals surface area contributed by atoms with Crippen LogP contribution in [0.1, 0.15) is 87.5 Å². The molecule has 8 nitrogen and oxygen atoms in total. The van der Waals surface area contributed by atoms with Gasteiger partial charge in [0.2, 0.25) is 5.91 Å². The van der Waals surface area contributed by atoms with Crippen LogP contribution in [-0.2, 0) is 38.3 Å². The van der Waals surface area contributed by atoms with Crippen molar-refractivity contribution >= 4 is 23.7 Å². The summed E-state index contributed by atoms with van der Waals surface area (Å²) in [6.07, 6.45) is -0.469. The van der Waals surface area contributed by atoms with E-state index in [1.165, 1.54) is 25.1 Å². The molecule has 0 unspecified atom stereocenters. The number of alkyl halides is 3. The Morgan fingerprint density at radius 2 is 1.73 bits per heavy atom. The molecule has 1 atom stereocenters. The number of methoxy groups -OCH3 is 1. The summed E-state index contributed by atoms with van der Waals surface area (Å²) in [7, 11) is 2.57. The summed E-state index contributed by atoms with van der Waals surface area (Å²) >= 11 is 0. The van der Waals surface area contributed by atoms with Gasteiger partial charge < -0.3 is 19.1 Å². The summed E-state index contributed by atoms with van der Waals surface area (Å²) in [5, 5.41) is 0. The highest BCUT2D eigenvalue weighted by molar-refractivity contribution is 5.98. The van der Waals surface area contributed by atoms with E-state index in [9.17, 15) is 27.6 Å². The molecule has 2 aliphatic rings. The van der Waals surface area contributed by atoms with E-state index >= 15 is 0 Å². The fourth-order valence-electron chi connectivity index (χ4n) is 5.85. The van der Waals surface area contributed by atoms with E-state index in [1.54, 1.807) is 51.1 Å². The number of amides is 2. The summed E-state index contributed by atoms with van der Waals surface area (Å²) in [6, 6.07) is 8.48. The Labute approximate surface area is 256 Å². The van der Waals surface area contributed by atoms with Gasteiger partial charge in [-0.2, -0.15) is 13.2 Å². The SMILES string of the molecule is COC(=O)[C@@H](CC(=O)N1CCc2cc(OCc3ccc(C4CCCCC4)c(C(F)(F)F)c3)ccc21)N(C)C(=O)OC(C)(C)C. The van der Waals surface area contributed by atoms with Crippen molar-refractivity contribution in [1.29, 1.82) is 0 Å². The zero-order valence-electron chi connectivity index (χ0n) is 26.0. The summed E-state index contributed by atoms with van der Waals surface area (Å²) in [6.45, 7) is 5.42. The van der Waals surface area contributed by atoms with Crippen molar-refractivity contribution < 1.29 is 41.8 Å². The van der Waals surface area contributed by atoms with Crippen LogP contribution >= 0.6 is 0 Å². The molecular weight excluding hydrogens is 577 g/mol. The predicted octanol–water partition coefficient (Wildman–Crippen LogP) is 7.02. The maximum Gasteiger partial charge on any atom is 0.416 e. The molecule has 2 aromatic carbocycles. The molecule has 2 aromatic rings. The van der Waals surface area contributed by atoms with E-state index in [-0.39, 0.29) is 24.9 Å². The van der Waals surface area contributed by atoms with Gasteiger partial charge in [-0.05, 0) is 86.9 Å². The number of esters is 1. The number of nitrogens with zero attached hydrogens (tertiary/aromatic N) is 2. The molecule has 0 bridgehead atoms. The van der Waals surface area contributed by atoms with Gasteiger partial charge in [0.05, 0.1) is 19.1 Å². The third-order valence-corrected chi connectivity index (χ3v) is 8.11. The van der Waals surface area contributed by atoms with Crippen LogP contribution < -0.4 is 9.64 Å². The quantitative estimate of drug-likeness (QED) is 0.296. The fraction of sp³-hybridized carbons (Fsp3) is 0.545. The molecule has 1 fully saturated rings. The normalized spacial score (nSPS) is 16.2. The molecule has 0 radical (unpaired) electrons. The molecule has 0 spiro atoms. The molecule has 0 saturated heterocycles. The van der Waals surface area contributed by atoms with E-state index in [2.05, 4.69) is 0 Å². The second kappa shape index (κ2) is 13.5. The number of carbonyl (C=O) groups excluding carboxylic acids is 3. The second-order valence-electron chi connectivity index (χ2n) is 12.5. The largest absolute Gasteiger partial charge is 0.489 e. The Balaban J connectivity index is 1.43. The number of hydrogen-bond acceptors (Lipinski definition) is 6. The van der Waals surface area contributed by atoms with Crippen molar-refractivity contribution in [3.63, 3.8) is 0 Å². The molecule has 11 heteroatoms. The highest BCUT2D eigenvalue weighted by Crippen LogP contribution is 2.41. The van der Waals surface area contributed by atoms with Crippen molar-refractivity contribution in [2.24, 2.45) is 0 Å². The van der Waals surface area contributed by atoms with Gasteiger partial charge in [-0.3, -0.25) is 9.69 Å². The number of hydrogen-bond donors (Lipinski definition) is 0. The van der Waals surface area contributed by atoms with Crippen LogP contribution in [0, 0.1) is 0 Å². The lowest BCUT2D eigenvalue weighted by atomic mass is 9.81. The average molecular weight is 619 g/mol. The van der Waals surface area contributed by atoms with Gasteiger partial charge in [-0.25, -0.2) is 9.59 Å². The summed E-state index contributed by atoms with van der Waals surface area (Å²) < 4.78 is 58.0. The third-order valence-electron chi connectivity index (χ3n) is 8.11. The molecule has 0 N–H and O–H groups in total. The maximum absolute atomic E-state index is 14.0. The van der Waals surface area contributed by atoms with Gasteiger partial charge in [-0.1, -0.05) is 31.4 Å². The van der Waals surface area contributed by atoms with E-state index < -0.39 is 35.4 Å². The minimum absolute atomic E-state index is 0.0345. The van der Waals surface area contributed by atoms with Crippen LogP contribution in [0.2, 0.25) is 0 Å². The van der Waals surface area contributed by atoms with Crippen molar-refractivity contribution in [1.82, 2.24) is 4.90 Å². The zero-order valence-corrected chi connectivity index (χ0v) is 26.0. The molecule has 0 aromatic heterocycles. The van der Waals surface area contributed by atoms with Crippen molar-refractivity contribution in [3.8, 4) is 5.75 Å². The molecule has 1 aliphatic heterocycles. The number of rotatable bonds is 8. The first-order chi connectivity index (χ1) is 20.7. The van der Waals surface area contributed by atoms with E-state index in [0.717, 1.165) is 42.6 Å². The Morgan fingerprint density at radius 3 is 2.36 bits per heavy atom. The first-order valence-corrected chi connectivity index (χ1v) is 15.0. The Bertz CT molecular complexity index is 1360. The first-order valence-electron chi connectivity index (χ1n) is 15.0. The van der Waals surface area contributed by atoms with Crippen molar-refractivity contribution in [2.75, 3.05) is 25.6 Å². The van der Waals surface area contributed by atoms with Crippen molar-refractivity contribution in [2.45, 2.75) is 96.1 Å². The number of ether oxygens (including phenoxy) is 3. The number of likely N-dealkylation sites (N-methyl/N-ethyl adjacent to an activating group) is 1. The number of halogens is 3.